The number of hydrogen-bond donors (Lipinski definition) is 2. The molecule has 0 spiro atoms. The van der Waals surface area contributed by atoms with Gasteiger partial charge in [-0.25, -0.2) is 0 Å². The molecule has 1 heterocycles. The Bertz CT molecular complexity index is 892. The van der Waals surface area contributed by atoms with E-state index in [1.807, 2.05) is 66.5 Å². The number of rotatable bonds is 7. The lowest BCUT2D eigenvalue weighted by Gasteiger charge is -2.22. The van der Waals surface area contributed by atoms with Crippen LogP contribution in [0.1, 0.15) is 17.0 Å². The zero-order valence-corrected chi connectivity index (χ0v) is 15.0. The van der Waals surface area contributed by atoms with Gasteiger partial charge in [0, 0.05) is 25.7 Å². The number of carbonyl (C=O) groups excluding carboxylic acids is 2. The van der Waals surface area contributed by atoms with Crippen molar-refractivity contribution in [3.63, 3.8) is 0 Å². The zero-order chi connectivity index (χ0) is 19.1. The first-order valence-electron chi connectivity index (χ1n) is 8.64. The molecule has 0 radical (unpaired) electrons. The molecule has 2 aromatic carbocycles. The normalized spacial score (nSPS) is 10.3. The molecule has 0 fully saturated rings. The minimum atomic E-state index is -0.336. The van der Waals surface area contributed by atoms with Crippen LogP contribution in [0.5, 0.6) is 0 Å². The Kier molecular flexibility index (Phi) is 5.89. The van der Waals surface area contributed by atoms with Gasteiger partial charge in [0.2, 0.25) is 5.91 Å². The van der Waals surface area contributed by atoms with Crippen LogP contribution in [0.15, 0.2) is 77.4 Å². The Labute approximate surface area is 157 Å². The van der Waals surface area contributed by atoms with E-state index in [0.717, 1.165) is 11.4 Å². The van der Waals surface area contributed by atoms with Gasteiger partial charge in [-0.1, -0.05) is 30.3 Å². The van der Waals surface area contributed by atoms with Crippen LogP contribution in [0, 0.1) is 0 Å². The first-order chi connectivity index (χ1) is 13.1. The molecule has 1 aromatic heterocycles. The minimum absolute atomic E-state index is 0.163. The fraction of sp³-hybridized carbons (Fsp3) is 0.143. The average Bonchev–Trinajstić information content (AvgIpc) is 3.23. The zero-order valence-electron chi connectivity index (χ0n) is 15.0. The lowest BCUT2D eigenvalue weighted by Crippen LogP contribution is -2.27. The maximum absolute atomic E-state index is 12.3. The molecule has 0 atom stereocenters. The molecule has 2 N–H and O–H groups in total. The van der Waals surface area contributed by atoms with Gasteiger partial charge in [0.25, 0.3) is 5.91 Å². The molecular formula is C21H21N3O3. The van der Waals surface area contributed by atoms with E-state index in [1.54, 1.807) is 12.1 Å². The van der Waals surface area contributed by atoms with Crippen LogP contribution in [0.25, 0.3) is 0 Å². The maximum atomic E-state index is 12.3. The second kappa shape index (κ2) is 8.71. The Morgan fingerprint density at radius 1 is 0.963 bits per heavy atom. The number of hydrogen-bond acceptors (Lipinski definition) is 4. The number of amides is 2. The highest BCUT2D eigenvalue weighted by Gasteiger charge is 2.12. The van der Waals surface area contributed by atoms with Gasteiger partial charge in [0.15, 0.2) is 5.76 Å². The third-order valence-electron chi connectivity index (χ3n) is 4.07. The summed E-state index contributed by atoms with van der Waals surface area (Å²) in [7, 11) is 1.95. The maximum Gasteiger partial charge on any atom is 0.286 e. The van der Waals surface area contributed by atoms with Crippen molar-refractivity contribution < 1.29 is 14.0 Å². The van der Waals surface area contributed by atoms with Gasteiger partial charge in [-0.05, 0) is 36.4 Å². The Morgan fingerprint density at radius 2 is 1.70 bits per heavy atom. The molecule has 0 aliphatic carbocycles. The van der Waals surface area contributed by atoms with Gasteiger partial charge in [0.05, 0.1) is 17.6 Å². The SMILES string of the molecule is CN(c1ccccc1)c1ccccc1NC(=O)CCNC(=O)c1ccco1. The van der Waals surface area contributed by atoms with Gasteiger partial charge in [-0.2, -0.15) is 0 Å². The number of para-hydroxylation sites is 3. The van der Waals surface area contributed by atoms with Crippen molar-refractivity contribution in [1.29, 1.82) is 0 Å². The number of anilines is 3. The summed E-state index contributed by atoms with van der Waals surface area (Å²) in [5.74, 6) is -0.286. The van der Waals surface area contributed by atoms with E-state index in [-0.39, 0.29) is 30.5 Å². The van der Waals surface area contributed by atoms with Gasteiger partial charge in [0.1, 0.15) is 0 Å². The minimum Gasteiger partial charge on any atom is -0.459 e. The number of nitrogens with one attached hydrogen (secondary N) is 2. The van der Waals surface area contributed by atoms with Crippen molar-refractivity contribution in [3.8, 4) is 0 Å². The van der Waals surface area contributed by atoms with Gasteiger partial charge < -0.3 is 20.0 Å². The first kappa shape index (κ1) is 18.3. The lowest BCUT2D eigenvalue weighted by molar-refractivity contribution is -0.116. The molecule has 0 saturated carbocycles. The van der Waals surface area contributed by atoms with Crippen LogP contribution in [-0.2, 0) is 4.79 Å². The quantitative estimate of drug-likeness (QED) is 0.669. The predicted molar refractivity (Wildman–Crippen MR) is 105 cm³/mol. The Balaban J connectivity index is 1.59. The number of furan rings is 1. The highest BCUT2D eigenvalue weighted by molar-refractivity contribution is 5.96. The Morgan fingerprint density at radius 3 is 2.44 bits per heavy atom. The van der Waals surface area contributed by atoms with Crippen molar-refractivity contribution in [2.24, 2.45) is 0 Å². The van der Waals surface area contributed by atoms with Gasteiger partial charge in [-0.15, -0.1) is 0 Å². The summed E-state index contributed by atoms with van der Waals surface area (Å²) in [6, 6.07) is 20.7. The third-order valence-corrected chi connectivity index (χ3v) is 4.07. The van der Waals surface area contributed by atoms with Crippen molar-refractivity contribution in [2.75, 3.05) is 23.8 Å². The van der Waals surface area contributed by atoms with E-state index in [9.17, 15) is 9.59 Å². The van der Waals surface area contributed by atoms with Crippen LogP contribution >= 0.6 is 0 Å². The van der Waals surface area contributed by atoms with E-state index in [0.29, 0.717) is 5.69 Å². The fourth-order valence-electron chi connectivity index (χ4n) is 2.66. The van der Waals surface area contributed by atoms with E-state index >= 15 is 0 Å². The van der Waals surface area contributed by atoms with E-state index < -0.39 is 0 Å². The van der Waals surface area contributed by atoms with Crippen molar-refractivity contribution >= 4 is 28.9 Å². The van der Waals surface area contributed by atoms with Gasteiger partial charge >= 0.3 is 0 Å². The summed E-state index contributed by atoms with van der Waals surface area (Å²) >= 11 is 0. The van der Waals surface area contributed by atoms with Crippen molar-refractivity contribution in [3.05, 3.63) is 78.8 Å². The van der Waals surface area contributed by atoms with Crippen LogP contribution in [0.3, 0.4) is 0 Å². The standard InChI is InChI=1S/C21H21N3O3/c1-24(16-8-3-2-4-9-16)18-11-6-5-10-17(18)23-20(25)13-14-22-21(26)19-12-7-15-27-19/h2-12,15H,13-14H2,1H3,(H,22,26)(H,23,25). The molecule has 0 aliphatic heterocycles. The average molecular weight is 363 g/mol. The summed E-state index contributed by atoms with van der Waals surface area (Å²) < 4.78 is 5.01. The number of carbonyl (C=O) groups is 2. The molecular weight excluding hydrogens is 342 g/mol. The monoisotopic (exact) mass is 363 g/mol. The topological polar surface area (TPSA) is 74.6 Å². The second-order valence-corrected chi connectivity index (χ2v) is 5.94. The van der Waals surface area contributed by atoms with E-state index in [1.165, 1.54) is 6.26 Å². The van der Waals surface area contributed by atoms with Crippen LogP contribution in [0.4, 0.5) is 17.1 Å². The molecule has 2 amide bonds. The molecule has 0 saturated heterocycles. The van der Waals surface area contributed by atoms with E-state index in [2.05, 4.69) is 10.6 Å². The summed E-state index contributed by atoms with van der Waals surface area (Å²) in [5, 5.41) is 5.58. The molecule has 138 valence electrons. The van der Waals surface area contributed by atoms with Gasteiger partial charge in [-0.3, -0.25) is 9.59 Å². The van der Waals surface area contributed by atoms with E-state index in [4.69, 9.17) is 4.42 Å². The molecule has 3 rings (SSSR count). The lowest BCUT2D eigenvalue weighted by atomic mass is 10.2. The molecule has 0 unspecified atom stereocenters. The van der Waals surface area contributed by atoms with Crippen LogP contribution in [-0.4, -0.2) is 25.4 Å². The second-order valence-electron chi connectivity index (χ2n) is 5.94. The fourth-order valence-corrected chi connectivity index (χ4v) is 2.66. The Hall–Kier alpha value is -3.54. The molecule has 0 bridgehead atoms. The summed E-state index contributed by atoms with van der Waals surface area (Å²) in [5.41, 5.74) is 2.62. The van der Waals surface area contributed by atoms with Crippen LogP contribution < -0.4 is 15.5 Å². The first-order valence-corrected chi connectivity index (χ1v) is 8.64. The number of benzene rings is 2. The predicted octanol–water partition coefficient (Wildman–Crippen LogP) is 3.81. The highest BCUT2D eigenvalue weighted by atomic mass is 16.3. The summed E-state index contributed by atoms with van der Waals surface area (Å²) in [6.07, 6.45) is 1.59. The largest absolute Gasteiger partial charge is 0.459 e. The van der Waals surface area contributed by atoms with Crippen molar-refractivity contribution in [2.45, 2.75) is 6.42 Å². The smallest absolute Gasteiger partial charge is 0.286 e. The summed E-state index contributed by atoms with van der Waals surface area (Å²) in [6.45, 7) is 0.224. The molecule has 27 heavy (non-hydrogen) atoms. The molecule has 6 nitrogen and oxygen atoms in total. The summed E-state index contributed by atoms with van der Waals surface area (Å²) in [4.78, 5) is 26.1. The highest BCUT2D eigenvalue weighted by Crippen LogP contribution is 2.30. The van der Waals surface area contributed by atoms with Crippen LogP contribution in [0.2, 0.25) is 0 Å². The third kappa shape index (κ3) is 4.76. The molecule has 6 heteroatoms. The molecule has 0 aliphatic rings. The number of nitrogens with zero attached hydrogens (tertiary/aromatic N) is 1. The molecule has 3 aromatic rings. The van der Waals surface area contributed by atoms with Crippen molar-refractivity contribution in [1.82, 2.24) is 5.32 Å².